The fourth-order valence-electron chi connectivity index (χ4n) is 2.52. The lowest BCUT2D eigenvalue weighted by Gasteiger charge is -2.33. The van der Waals surface area contributed by atoms with Crippen LogP contribution in [0, 0.1) is 13.8 Å². The smallest absolute Gasteiger partial charge is 0.329 e. The number of aliphatic carboxylic acids is 1. The maximum atomic E-state index is 12.1. The molecule has 0 radical (unpaired) electrons. The highest BCUT2D eigenvalue weighted by atomic mass is 32.2. The normalized spacial score (nSPS) is 16.8. The van der Waals surface area contributed by atoms with Gasteiger partial charge in [0, 0.05) is 0 Å². The first-order valence-electron chi connectivity index (χ1n) is 7.25. The molecule has 1 aliphatic rings. The monoisotopic (exact) mass is 323 g/mol. The number of ether oxygens (including phenoxy) is 1. The first-order chi connectivity index (χ1) is 10.4. The number of nitrogens with one attached hydrogen (secondary N) is 1. The molecule has 0 unspecified atom stereocenters. The summed E-state index contributed by atoms with van der Waals surface area (Å²) < 4.78 is 5.51. The minimum absolute atomic E-state index is 0.175. The van der Waals surface area contributed by atoms with Crippen LogP contribution in [0.15, 0.2) is 18.2 Å². The molecule has 2 N–H and O–H groups in total. The topological polar surface area (TPSA) is 75.6 Å². The molecule has 22 heavy (non-hydrogen) atoms. The summed E-state index contributed by atoms with van der Waals surface area (Å²) in [5, 5.41) is 12.1. The third-order valence-electron chi connectivity index (χ3n) is 3.82. The molecule has 5 nitrogen and oxygen atoms in total. The van der Waals surface area contributed by atoms with Crippen molar-refractivity contribution in [2.75, 3.05) is 18.1 Å². The van der Waals surface area contributed by atoms with Crippen molar-refractivity contribution in [1.29, 1.82) is 0 Å². The molecule has 6 heteroatoms. The summed E-state index contributed by atoms with van der Waals surface area (Å²) in [4.78, 5) is 23.6. The van der Waals surface area contributed by atoms with Crippen molar-refractivity contribution in [3.63, 3.8) is 0 Å². The van der Waals surface area contributed by atoms with Gasteiger partial charge in [0.2, 0.25) is 0 Å². The quantitative estimate of drug-likeness (QED) is 0.868. The second-order valence-corrected chi connectivity index (χ2v) is 6.83. The molecule has 120 valence electrons. The standard InChI is InChI=1S/C16H21NO4S/c1-11-3-4-13(12(2)9-11)21-10-14(18)17-16(15(19)20)5-7-22-8-6-16/h3-4,9H,5-8,10H2,1-2H3,(H,17,18)(H,19,20). The number of aryl methyl sites for hydroxylation is 2. The summed E-state index contributed by atoms with van der Waals surface area (Å²) in [5.74, 6) is 0.765. The van der Waals surface area contributed by atoms with Gasteiger partial charge < -0.3 is 15.2 Å². The van der Waals surface area contributed by atoms with Crippen molar-refractivity contribution in [2.24, 2.45) is 0 Å². The minimum Gasteiger partial charge on any atom is -0.484 e. The number of amides is 1. The number of hydrogen-bond acceptors (Lipinski definition) is 4. The van der Waals surface area contributed by atoms with Gasteiger partial charge in [-0.1, -0.05) is 17.7 Å². The predicted octanol–water partition coefficient (Wildman–Crippen LogP) is 2.15. The van der Waals surface area contributed by atoms with Crippen molar-refractivity contribution in [1.82, 2.24) is 5.32 Å². The zero-order valence-corrected chi connectivity index (χ0v) is 13.7. The number of hydrogen-bond donors (Lipinski definition) is 2. The Kier molecular flexibility index (Phi) is 5.34. The summed E-state index contributed by atoms with van der Waals surface area (Å²) >= 11 is 1.71. The molecule has 0 saturated carbocycles. The van der Waals surface area contributed by atoms with E-state index in [1.807, 2.05) is 32.0 Å². The lowest BCUT2D eigenvalue weighted by molar-refractivity contribution is -0.148. The molecule has 1 aromatic rings. The zero-order valence-electron chi connectivity index (χ0n) is 12.8. The van der Waals surface area contributed by atoms with Crippen LogP contribution >= 0.6 is 11.8 Å². The number of carboxylic acid groups (broad SMARTS) is 1. The van der Waals surface area contributed by atoms with E-state index in [2.05, 4.69) is 5.32 Å². The molecule has 0 bridgehead atoms. The highest BCUT2D eigenvalue weighted by molar-refractivity contribution is 7.99. The van der Waals surface area contributed by atoms with E-state index in [0.717, 1.165) is 22.6 Å². The van der Waals surface area contributed by atoms with E-state index in [1.54, 1.807) is 11.8 Å². The van der Waals surface area contributed by atoms with Gasteiger partial charge in [0.25, 0.3) is 5.91 Å². The Morgan fingerprint density at radius 2 is 2.00 bits per heavy atom. The summed E-state index contributed by atoms with van der Waals surface area (Å²) in [6, 6.07) is 5.71. The number of benzene rings is 1. The van der Waals surface area contributed by atoms with E-state index in [1.165, 1.54) is 0 Å². The van der Waals surface area contributed by atoms with Crippen molar-refractivity contribution >= 4 is 23.6 Å². The summed E-state index contributed by atoms with van der Waals surface area (Å²) in [5.41, 5.74) is 0.933. The van der Waals surface area contributed by atoms with Crippen molar-refractivity contribution in [2.45, 2.75) is 32.2 Å². The number of rotatable bonds is 5. The van der Waals surface area contributed by atoms with Gasteiger partial charge in [-0.3, -0.25) is 4.79 Å². The predicted molar refractivity (Wildman–Crippen MR) is 86.5 cm³/mol. The molecule has 1 aliphatic heterocycles. The molecule has 1 heterocycles. The van der Waals surface area contributed by atoms with Gasteiger partial charge in [0.05, 0.1) is 0 Å². The van der Waals surface area contributed by atoms with Gasteiger partial charge in [0.15, 0.2) is 6.61 Å². The molecule has 0 aliphatic carbocycles. The maximum Gasteiger partial charge on any atom is 0.329 e. The van der Waals surface area contributed by atoms with E-state index in [4.69, 9.17) is 4.74 Å². The van der Waals surface area contributed by atoms with Crippen LogP contribution in [0.4, 0.5) is 0 Å². The van der Waals surface area contributed by atoms with Crippen LogP contribution in [-0.4, -0.2) is 40.6 Å². The average molecular weight is 323 g/mol. The molecule has 0 aromatic heterocycles. The van der Waals surface area contributed by atoms with E-state index < -0.39 is 17.4 Å². The summed E-state index contributed by atoms with van der Waals surface area (Å²) in [7, 11) is 0. The zero-order chi connectivity index (χ0) is 16.2. The Balaban J connectivity index is 1.95. The molecule has 1 amide bonds. The van der Waals surface area contributed by atoms with Crippen LogP contribution in [0.2, 0.25) is 0 Å². The molecular weight excluding hydrogens is 302 g/mol. The van der Waals surface area contributed by atoms with E-state index in [0.29, 0.717) is 18.6 Å². The van der Waals surface area contributed by atoms with Crippen LogP contribution in [-0.2, 0) is 9.59 Å². The third kappa shape index (κ3) is 3.94. The van der Waals surface area contributed by atoms with Gasteiger partial charge in [-0.15, -0.1) is 0 Å². The lowest BCUT2D eigenvalue weighted by Crippen LogP contribution is -2.57. The summed E-state index contributed by atoms with van der Waals surface area (Å²) in [6.07, 6.45) is 0.893. The fourth-order valence-corrected chi connectivity index (χ4v) is 3.71. The van der Waals surface area contributed by atoms with Crippen LogP contribution in [0.1, 0.15) is 24.0 Å². The fraction of sp³-hybridized carbons (Fsp3) is 0.500. The Morgan fingerprint density at radius 3 is 2.59 bits per heavy atom. The van der Waals surface area contributed by atoms with Crippen LogP contribution in [0.25, 0.3) is 0 Å². The Hall–Kier alpha value is -1.69. The van der Waals surface area contributed by atoms with Crippen LogP contribution < -0.4 is 10.1 Å². The molecular formula is C16H21NO4S. The highest BCUT2D eigenvalue weighted by Crippen LogP contribution is 2.27. The number of carbonyl (C=O) groups excluding carboxylic acids is 1. The van der Waals surface area contributed by atoms with Crippen LogP contribution in [0.3, 0.4) is 0 Å². The molecule has 1 fully saturated rings. The Morgan fingerprint density at radius 1 is 1.32 bits per heavy atom. The van der Waals surface area contributed by atoms with Gasteiger partial charge >= 0.3 is 5.97 Å². The SMILES string of the molecule is Cc1ccc(OCC(=O)NC2(C(=O)O)CCSCC2)c(C)c1. The van der Waals surface area contributed by atoms with E-state index in [9.17, 15) is 14.7 Å². The number of thioether (sulfide) groups is 1. The van der Waals surface area contributed by atoms with E-state index in [-0.39, 0.29) is 6.61 Å². The van der Waals surface area contributed by atoms with Crippen molar-refractivity contribution in [3.8, 4) is 5.75 Å². The van der Waals surface area contributed by atoms with Gasteiger partial charge in [-0.05, 0) is 49.8 Å². The Bertz CT molecular complexity index is 567. The van der Waals surface area contributed by atoms with Gasteiger partial charge in [-0.25, -0.2) is 4.79 Å². The molecule has 0 spiro atoms. The Labute approximate surface area is 134 Å². The highest BCUT2D eigenvalue weighted by Gasteiger charge is 2.41. The second kappa shape index (κ2) is 7.05. The average Bonchev–Trinajstić information content (AvgIpc) is 2.47. The van der Waals surface area contributed by atoms with Crippen LogP contribution in [0.5, 0.6) is 5.75 Å². The lowest BCUT2D eigenvalue weighted by atomic mass is 9.92. The molecule has 2 rings (SSSR count). The maximum absolute atomic E-state index is 12.1. The van der Waals surface area contributed by atoms with Crippen molar-refractivity contribution < 1.29 is 19.4 Å². The van der Waals surface area contributed by atoms with E-state index >= 15 is 0 Å². The third-order valence-corrected chi connectivity index (χ3v) is 4.81. The number of carbonyl (C=O) groups is 2. The minimum atomic E-state index is -1.14. The van der Waals surface area contributed by atoms with Gasteiger partial charge in [-0.2, -0.15) is 11.8 Å². The van der Waals surface area contributed by atoms with Crippen molar-refractivity contribution in [3.05, 3.63) is 29.3 Å². The van der Waals surface area contributed by atoms with Gasteiger partial charge in [0.1, 0.15) is 11.3 Å². The largest absolute Gasteiger partial charge is 0.484 e. The first-order valence-corrected chi connectivity index (χ1v) is 8.41. The second-order valence-electron chi connectivity index (χ2n) is 5.61. The first kappa shape index (κ1) is 16.7. The molecule has 0 atom stereocenters. The molecule has 1 aromatic carbocycles. The number of carboxylic acids is 1. The summed E-state index contributed by atoms with van der Waals surface area (Å²) in [6.45, 7) is 3.73. The molecule has 1 saturated heterocycles.